The molecule has 0 atom stereocenters. The SMILES string of the molecule is N#C/C(=C/c1cn(-c2ccccc2)nc1-c1ccccc1)C(=O)N1CCCCC1. The first-order chi connectivity index (χ1) is 14.3. The number of nitrogens with zero attached hydrogens (tertiary/aromatic N) is 4. The fraction of sp³-hybridized carbons (Fsp3) is 0.208. The molecule has 0 bridgehead atoms. The summed E-state index contributed by atoms with van der Waals surface area (Å²) < 4.78 is 1.79. The van der Waals surface area contributed by atoms with E-state index >= 15 is 0 Å². The molecule has 4 rings (SSSR count). The van der Waals surface area contributed by atoms with Crippen molar-refractivity contribution in [2.45, 2.75) is 19.3 Å². The number of amides is 1. The number of nitriles is 1. The highest BCUT2D eigenvalue weighted by molar-refractivity contribution is 6.02. The number of hydrogen-bond acceptors (Lipinski definition) is 3. The van der Waals surface area contributed by atoms with Gasteiger partial charge in [-0.1, -0.05) is 48.5 Å². The van der Waals surface area contributed by atoms with Gasteiger partial charge in [-0.2, -0.15) is 10.4 Å². The van der Waals surface area contributed by atoms with Crippen molar-refractivity contribution in [1.82, 2.24) is 14.7 Å². The second kappa shape index (κ2) is 8.57. The summed E-state index contributed by atoms with van der Waals surface area (Å²) in [5.41, 5.74) is 3.51. The average Bonchev–Trinajstić information content (AvgIpc) is 3.23. The molecule has 144 valence electrons. The van der Waals surface area contributed by atoms with E-state index in [9.17, 15) is 10.1 Å². The number of likely N-dealkylation sites (tertiary alicyclic amines) is 1. The molecule has 1 saturated heterocycles. The fourth-order valence-electron chi connectivity index (χ4n) is 3.59. The largest absolute Gasteiger partial charge is 0.338 e. The lowest BCUT2D eigenvalue weighted by Gasteiger charge is -2.26. The lowest BCUT2D eigenvalue weighted by molar-refractivity contribution is -0.127. The van der Waals surface area contributed by atoms with Crippen LogP contribution in [0.3, 0.4) is 0 Å². The summed E-state index contributed by atoms with van der Waals surface area (Å²) in [6, 6.07) is 21.7. The van der Waals surface area contributed by atoms with Crippen LogP contribution in [-0.2, 0) is 4.79 Å². The van der Waals surface area contributed by atoms with Gasteiger partial charge >= 0.3 is 0 Å². The lowest BCUT2D eigenvalue weighted by atomic mass is 10.0. The highest BCUT2D eigenvalue weighted by atomic mass is 16.2. The van der Waals surface area contributed by atoms with Crippen LogP contribution in [-0.4, -0.2) is 33.7 Å². The van der Waals surface area contributed by atoms with Crippen molar-refractivity contribution in [2.24, 2.45) is 0 Å². The summed E-state index contributed by atoms with van der Waals surface area (Å²) in [7, 11) is 0. The Morgan fingerprint density at radius 3 is 2.28 bits per heavy atom. The van der Waals surface area contributed by atoms with Crippen molar-refractivity contribution >= 4 is 12.0 Å². The molecule has 5 nitrogen and oxygen atoms in total. The van der Waals surface area contributed by atoms with E-state index in [0.29, 0.717) is 13.1 Å². The van der Waals surface area contributed by atoms with E-state index in [1.54, 1.807) is 15.7 Å². The normalized spacial score (nSPS) is 14.4. The Labute approximate surface area is 170 Å². The summed E-state index contributed by atoms with van der Waals surface area (Å²) >= 11 is 0. The smallest absolute Gasteiger partial charge is 0.264 e. The number of carbonyl (C=O) groups excluding carboxylic acids is 1. The molecule has 2 aromatic carbocycles. The van der Waals surface area contributed by atoms with E-state index < -0.39 is 0 Å². The first-order valence-corrected chi connectivity index (χ1v) is 9.88. The highest BCUT2D eigenvalue weighted by Gasteiger charge is 2.21. The molecule has 0 unspecified atom stereocenters. The van der Waals surface area contributed by atoms with Crippen LogP contribution in [0.5, 0.6) is 0 Å². The lowest BCUT2D eigenvalue weighted by Crippen LogP contribution is -2.36. The third-order valence-electron chi connectivity index (χ3n) is 5.10. The zero-order chi connectivity index (χ0) is 20.1. The molecule has 1 aliphatic heterocycles. The van der Waals surface area contributed by atoms with E-state index in [0.717, 1.165) is 41.8 Å². The van der Waals surface area contributed by atoms with Gasteiger partial charge in [-0.15, -0.1) is 0 Å². The fourth-order valence-corrected chi connectivity index (χ4v) is 3.59. The van der Waals surface area contributed by atoms with Crippen molar-refractivity contribution < 1.29 is 4.79 Å². The molecule has 0 radical (unpaired) electrons. The van der Waals surface area contributed by atoms with Crippen LogP contribution in [0.2, 0.25) is 0 Å². The van der Waals surface area contributed by atoms with Gasteiger partial charge in [0.15, 0.2) is 0 Å². The van der Waals surface area contributed by atoms with Crippen molar-refractivity contribution in [3.63, 3.8) is 0 Å². The third kappa shape index (κ3) is 4.12. The molecule has 0 spiro atoms. The molecule has 0 N–H and O–H groups in total. The topological polar surface area (TPSA) is 61.9 Å². The summed E-state index contributed by atoms with van der Waals surface area (Å²) in [5, 5.41) is 14.4. The molecule has 1 aliphatic rings. The number of rotatable bonds is 4. The monoisotopic (exact) mass is 382 g/mol. The average molecular weight is 382 g/mol. The number of benzene rings is 2. The summed E-state index contributed by atoms with van der Waals surface area (Å²) in [6.07, 6.45) is 6.67. The Morgan fingerprint density at radius 2 is 1.62 bits per heavy atom. The molecule has 1 aromatic heterocycles. The molecule has 1 amide bonds. The Bertz CT molecular complexity index is 1060. The second-order valence-corrected chi connectivity index (χ2v) is 7.10. The molecule has 29 heavy (non-hydrogen) atoms. The highest BCUT2D eigenvalue weighted by Crippen LogP contribution is 2.26. The zero-order valence-electron chi connectivity index (χ0n) is 16.2. The van der Waals surface area contributed by atoms with Crippen molar-refractivity contribution in [3.05, 3.63) is 78.0 Å². The van der Waals surface area contributed by atoms with Gasteiger partial charge in [-0.25, -0.2) is 4.68 Å². The maximum absolute atomic E-state index is 12.9. The van der Waals surface area contributed by atoms with Crippen LogP contribution in [0, 0.1) is 11.3 Å². The number of aromatic nitrogens is 2. The number of carbonyl (C=O) groups is 1. The molecule has 1 fully saturated rings. The molecule has 5 heteroatoms. The van der Waals surface area contributed by atoms with Gasteiger partial charge in [-0.3, -0.25) is 4.79 Å². The van der Waals surface area contributed by atoms with Gasteiger partial charge in [0.25, 0.3) is 5.91 Å². The molecular formula is C24H22N4O. The molecule has 0 saturated carbocycles. The van der Waals surface area contributed by atoms with Gasteiger partial charge in [-0.05, 0) is 37.5 Å². The number of piperidine rings is 1. The maximum atomic E-state index is 12.9. The molecule has 3 aromatic rings. The minimum absolute atomic E-state index is 0.150. The van der Waals surface area contributed by atoms with Crippen molar-refractivity contribution in [1.29, 1.82) is 5.26 Å². The second-order valence-electron chi connectivity index (χ2n) is 7.10. The van der Waals surface area contributed by atoms with E-state index in [1.165, 1.54) is 0 Å². The van der Waals surface area contributed by atoms with E-state index in [1.807, 2.05) is 66.9 Å². The predicted molar refractivity (Wildman–Crippen MR) is 113 cm³/mol. The van der Waals surface area contributed by atoms with Gasteiger partial charge < -0.3 is 4.90 Å². The van der Waals surface area contributed by atoms with Crippen LogP contribution in [0.25, 0.3) is 23.0 Å². The van der Waals surface area contributed by atoms with Crippen LogP contribution in [0.15, 0.2) is 72.4 Å². The number of hydrogen-bond donors (Lipinski definition) is 0. The third-order valence-corrected chi connectivity index (χ3v) is 5.10. The zero-order valence-corrected chi connectivity index (χ0v) is 16.2. The summed E-state index contributed by atoms with van der Waals surface area (Å²) in [6.45, 7) is 1.43. The minimum Gasteiger partial charge on any atom is -0.338 e. The van der Waals surface area contributed by atoms with Crippen LogP contribution >= 0.6 is 0 Å². The first kappa shape index (κ1) is 18.7. The van der Waals surface area contributed by atoms with Crippen molar-refractivity contribution in [3.8, 4) is 23.0 Å². The van der Waals surface area contributed by atoms with Gasteiger partial charge in [0.05, 0.1) is 11.4 Å². The summed E-state index contributed by atoms with van der Waals surface area (Å²) in [5.74, 6) is -0.196. The molecule has 2 heterocycles. The van der Waals surface area contributed by atoms with E-state index in [2.05, 4.69) is 6.07 Å². The Hall–Kier alpha value is -3.65. The molecule has 0 aliphatic carbocycles. The van der Waals surface area contributed by atoms with Crippen molar-refractivity contribution in [2.75, 3.05) is 13.1 Å². The Morgan fingerprint density at radius 1 is 0.966 bits per heavy atom. The summed E-state index contributed by atoms with van der Waals surface area (Å²) in [4.78, 5) is 14.6. The van der Waals surface area contributed by atoms with E-state index in [4.69, 9.17) is 5.10 Å². The molecular weight excluding hydrogens is 360 g/mol. The van der Waals surface area contributed by atoms with Crippen LogP contribution < -0.4 is 0 Å². The Kier molecular flexibility index (Phi) is 5.53. The predicted octanol–water partition coefficient (Wildman–Crippen LogP) is 4.46. The first-order valence-electron chi connectivity index (χ1n) is 9.88. The van der Waals surface area contributed by atoms with Gasteiger partial charge in [0.1, 0.15) is 11.6 Å². The van der Waals surface area contributed by atoms with Gasteiger partial charge in [0.2, 0.25) is 0 Å². The van der Waals surface area contributed by atoms with Crippen LogP contribution in [0.4, 0.5) is 0 Å². The van der Waals surface area contributed by atoms with Gasteiger partial charge in [0, 0.05) is 30.4 Å². The number of para-hydroxylation sites is 1. The Balaban J connectivity index is 1.76. The maximum Gasteiger partial charge on any atom is 0.264 e. The quantitative estimate of drug-likeness (QED) is 0.494. The minimum atomic E-state index is -0.196. The van der Waals surface area contributed by atoms with Crippen LogP contribution in [0.1, 0.15) is 24.8 Å². The van der Waals surface area contributed by atoms with E-state index in [-0.39, 0.29) is 11.5 Å². The standard InChI is InChI=1S/C24H22N4O/c25-17-20(24(29)27-14-8-3-9-15-27)16-21-18-28(22-12-6-2-7-13-22)26-23(21)19-10-4-1-5-11-19/h1-2,4-7,10-13,16,18H,3,8-9,14-15H2/b20-16-.